The zero-order valence-electron chi connectivity index (χ0n) is 15.0. The molecule has 2 atom stereocenters. The number of hydrogen-bond donors (Lipinski definition) is 2. The molecular formula is C19H31N3O2. The Hall–Kier alpha value is -1.59. The molecule has 0 spiro atoms. The summed E-state index contributed by atoms with van der Waals surface area (Å²) in [5, 5.41) is 6.79. The molecule has 1 aromatic rings. The lowest BCUT2D eigenvalue weighted by atomic mass is 9.89. The molecule has 24 heavy (non-hydrogen) atoms. The number of nitrogens with zero attached hydrogens (tertiary/aromatic N) is 1. The highest BCUT2D eigenvalue weighted by Gasteiger charge is 2.27. The van der Waals surface area contributed by atoms with Gasteiger partial charge in [0.1, 0.15) is 0 Å². The van der Waals surface area contributed by atoms with Crippen molar-refractivity contribution in [2.45, 2.75) is 32.3 Å². The molecule has 0 aliphatic carbocycles. The summed E-state index contributed by atoms with van der Waals surface area (Å²) in [5.41, 5.74) is 1.27. The van der Waals surface area contributed by atoms with E-state index in [1.165, 1.54) is 12.0 Å². The zero-order valence-corrected chi connectivity index (χ0v) is 15.0. The van der Waals surface area contributed by atoms with E-state index in [2.05, 4.69) is 39.9 Å². The monoisotopic (exact) mass is 333 g/mol. The Morgan fingerprint density at radius 2 is 2.12 bits per heavy atom. The van der Waals surface area contributed by atoms with E-state index in [1.54, 1.807) is 0 Å². The van der Waals surface area contributed by atoms with Crippen molar-refractivity contribution in [1.82, 2.24) is 10.6 Å². The third kappa shape index (κ3) is 6.13. The lowest BCUT2D eigenvalue weighted by Gasteiger charge is -2.32. The van der Waals surface area contributed by atoms with Crippen molar-refractivity contribution in [1.29, 1.82) is 0 Å². The van der Waals surface area contributed by atoms with Crippen LogP contribution in [-0.2, 0) is 9.47 Å². The SMILES string of the molecule is CCOCCCNC(=NC)NCC1CCCOC1c1ccccc1. The van der Waals surface area contributed by atoms with Gasteiger partial charge in [0.25, 0.3) is 0 Å². The highest BCUT2D eigenvalue weighted by molar-refractivity contribution is 5.79. The van der Waals surface area contributed by atoms with E-state index in [1.807, 2.05) is 20.0 Å². The number of nitrogens with one attached hydrogen (secondary N) is 2. The number of hydrogen-bond acceptors (Lipinski definition) is 3. The van der Waals surface area contributed by atoms with Crippen molar-refractivity contribution < 1.29 is 9.47 Å². The van der Waals surface area contributed by atoms with Gasteiger partial charge in [0, 0.05) is 45.9 Å². The van der Waals surface area contributed by atoms with Crippen LogP contribution in [0.3, 0.4) is 0 Å². The first kappa shape index (κ1) is 18.7. The minimum Gasteiger partial charge on any atom is -0.382 e. The van der Waals surface area contributed by atoms with Crippen LogP contribution in [0.1, 0.15) is 37.9 Å². The Balaban J connectivity index is 1.79. The smallest absolute Gasteiger partial charge is 0.190 e. The lowest BCUT2D eigenvalue weighted by Crippen LogP contribution is -2.42. The molecule has 0 saturated carbocycles. The summed E-state index contributed by atoms with van der Waals surface area (Å²) in [6, 6.07) is 10.5. The zero-order chi connectivity index (χ0) is 17.0. The van der Waals surface area contributed by atoms with Gasteiger partial charge in [-0.15, -0.1) is 0 Å². The normalized spacial score (nSPS) is 21.5. The fraction of sp³-hybridized carbons (Fsp3) is 0.632. The van der Waals surface area contributed by atoms with Crippen molar-refractivity contribution in [2.75, 3.05) is 40.0 Å². The highest BCUT2D eigenvalue weighted by atomic mass is 16.5. The molecule has 2 N–H and O–H groups in total. The van der Waals surface area contributed by atoms with Gasteiger partial charge in [-0.1, -0.05) is 30.3 Å². The first-order chi connectivity index (χ1) is 11.8. The molecule has 1 fully saturated rings. The summed E-state index contributed by atoms with van der Waals surface area (Å²) < 4.78 is 11.4. The van der Waals surface area contributed by atoms with Crippen LogP contribution >= 0.6 is 0 Å². The van der Waals surface area contributed by atoms with Crippen molar-refractivity contribution in [2.24, 2.45) is 10.9 Å². The first-order valence-electron chi connectivity index (χ1n) is 9.04. The van der Waals surface area contributed by atoms with Crippen LogP contribution in [0.15, 0.2) is 35.3 Å². The van der Waals surface area contributed by atoms with Gasteiger partial charge in [0.05, 0.1) is 6.10 Å². The van der Waals surface area contributed by atoms with Crippen LogP contribution in [-0.4, -0.2) is 45.9 Å². The van der Waals surface area contributed by atoms with Crippen LogP contribution in [0.5, 0.6) is 0 Å². The van der Waals surface area contributed by atoms with Gasteiger partial charge < -0.3 is 20.1 Å². The van der Waals surface area contributed by atoms with E-state index >= 15 is 0 Å². The molecule has 1 aliphatic rings. The minimum absolute atomic E-state index is 0.170. The van der Waals surface area contributed by atoms with Crippen LogP contribution in [0.2, 0.25) is 0 Å². The van der Waals surface area contributed by atoms with Crippen LogP contribution in [0.4, 0.5) is 0 Å². The van der Waals surface area contributed by atoms with E-state index in [-0.39, 0.29) is 6.10 Å². The number of ether oxygens (including phenoxy) is 2. The Morgan fingerprint density at radius 3 is 2.88 bits per heavy atom. The minimum atomic E-state index is 0.170. The number of benzene rings is 1. The second-order valence-electron chi connectivity index (χ2n) is 6.03. The van der Waals surface area contributed by atoms with Crippen molar-refractivity contribution in [3.8, 4) is 0 Å². The maximum Gasteiger partial charge on any atom is 0.190 e. The highest BCUT2D eigenvalue weighted by Crippen LogP contribution is 2.32. The first-order valence-corrected chi connectivity index (χ1v) is 9.04. The molecule has 0 amide bonds. The largest absolute Gasteiger partial charge is 0.382 e. The summed E-state index contributed by atoms with van der Waals surface area (Å²) >= 11 is 0. The van der Waals surface area contributed by atoms with Gasteiger partial charge in [-0.25, -0.2) is 0 Å². The van der Waals surface area contributed by atoms with Gasteiger partial charge in [-0.3, -0.25) is 4.99 Å². The van der Waals surface area contributed by atoms with Crippen LogP contribution < -0.4 is 10.6 Å². The van der Waals surface area contributed by atoms with E-state index in [4.69, 9.17) is 9.47 Å². The quantitative estimate of drug-likeness (QED) is 0.436. The van der Waals surface area contributed by atoms with E-state index in [0.29, 0.717) is 5.92 Å². The standard InChI is InChI=1S/C19H31N3O2/c1-3-23-13-8-12-21-19(20-2)22-15-17-11-7-14-24-18(17)16-9-5-4-6-10-16/h4-6,9-10,17-18H,3,7-8,11-15H2,1-2H3,(H2,20,21,22). The predicted molar refractivity (Wildman–Crippen MR) is 98.3 cm³/mol. The predicted octanol–water partition coefficient (Wildman–Crippen LogP) is 2.75. The van der Waals surface area contributed by atoms with Gasteiger partial charge in [-0.05, 0) is 31.7 Å². The topological polar surface area (TPSA) is 54.9 Å². The Kier molecular flexibility index (Phi) is 8.63. The Labute approximate surface area is 145 Å². The average molecular weight is 333 g/mol. The van der Waals surface area contributed by atoms with Crippen LogP contribution in [0.25, 0.3) is 0 Å². The average Bonchev–Trinajstić information content (AvgIpc) is 2.65. The Morgan fingerprint density at radius 1 is 1.29 bits per heavy atom. The fourth-order valence-corrected chi connectivity index (χ4v) is 3.04. The maximum atomic E-state index is 6.05. The number of guanidine groups is 1. The van der Waals surface area contributed by atoms with E-state index < -0.39 is 0 Å². The van der Waals surface area contributed by atoms with Gasteiger partial charge in [0.2, 0.25) is 0 Å². The molecule has 1 saturated heterocycles. The molecule has 0 aromatic heterocycles. The molecule has 1 aliphatic heterocycles. The molecule has 2 unspecified atom stereocenters. The fourth-order valence-electron chi connectivity index (χ4n) is 3.04. The third-order valence-corrected chi connectivity index (χ3v) is 4.29. The molecule has 1 heterocycles. The second-order valence-corrected chi connectivity index (χ2v) is 6.03. The van der Waals surface area contributed by atoms with Gasteiger partial charge >= 0.3 is 0 Å². The van der Waals surface area contributed by atoms with Gasteiger partial charge in [-0.2, -0.15) is 0 Å². The maximum absolute atomic E-state index is 6.05. The molecule has 134 valence electrons. The molecule has 1 aromatic carbocycles. The molecule has 2 rings (SSSR count). The third-order valence-electron chi connectivity index (χ3n) is 4.29. The van der Waals surface area contributed by atoms with Gasteiger partial charge in [0.15, 0.2) is 5.96 Å². The summed E-state index contributed by atoms with van der Waals surface area (Å²) in [5.74, 6) is 1.31. The summed E-state index contributed by atoms with van der Waals surface area (Å²) in [4.78, 5) is 4.30. The summed E-state index contributed by atoms with van der Waals surface area (Å²) in [6.07, 6.45) is 3.45. The van der Waals surface area contributed by atoms with Crippen molar-refractivity contribution in [3.05, 3.63) is 35.9 Å². The van der Waals surface area contributed by atoms with E-state index in [9.17, 15) is 0 Å². The Bertz CT molecular complexity index is 479. The molecule has 5 nitrogen and oxygen atoms in total. The van der Waals surface area contributed by atoms with Crippen LogP contribution in [0, 0.1) is 5.92 Å². The number of aliphatic imine (C=N–C) groups is 1. The lowest BCUT2D eigenvalue weighted by molar-refractivity contribution is -0.0265. The van der Waals surface area contributed by atoms with Crippen molar-refractivity contribution in [3.63, 3.8) is 0 Å². The molecule has 0 bridgehead atoms. The molecule has 0 radical (unpaired) electrons. The van der Waals surface area contributed by atoms with Crippen molar-refractivity contribution >= 4 is 5.96 Å². The second kappa shape index (κ2) is 11.0. The summed E-state index contributed by atoms with van der Waals surface area (Å²) in [7, 11) is 1.81. The molecular weight excluding hydrogens is 302 g/mol. The van der Waals surface area contributed by atoms with E-state index in [0.717, 1.165) is 51.7 Å². The summed E-state index contributed by atoms with van der Waals surface area (Å²) in [6.45, 7) is 6.15. The number of rotatable bonds is 8. The molecule has 5 heteroatoms.